The van der Waals surface area contributed by atoms with Gasteiger partial charge in [0, 0.05) is 59.7 Å². The number of likely N-dealkylation sites (tertiary alicyclic amines) is 1. The van der Waals surface area contributed by atoms with Crippen LogP contribution in [-0.4, -0.2) is 79.7 Å². The van der Waals surface area contributed by atoms with Gasteiger partial charge < -0.3 is 19.1 Å². The minimum atomic E-state index is -3.73. The van der Waals surface area contributed by atoms with Crippen molar-refractivity contribution >= 4 is 32.7 Å². The molecule has 1 N–H and O–H groups in total. The summed E-state index contributed by atoms with van der Waals surface area (Å²) in [6.45, 7) is 4.14. The molecule has 2 aromatic carbocycles. The zero-order valence-corrected chi connectivity index (χ0v) is 28.6. The van der Waals surface area contributed by atoms with Crippen molar-refractivity contribution in [2.24, 2.45) is 5.41 Å². The summed E-state index contributed by atoms with van der Waals surface area (Å²) in [6, 6.07) is 12.5. The van der Waals surface area contributed by atoms with E-state index in [9.17, 15) is 18.0 Å². The average Bonchev–Trinajstić information content (AvgIpc) is 3.64. The van der Waals surface area contributed by atoms with Crippen molar-refractivity contribution < 1.29 is 22.7 Å². The van der Waals surface area contributed by atoms with Crippen molar-refractivity contribution in [3.8, 4) is 17.0 Å². The average molecular weight is 659 g/mol. The van der Waals surface area contributed by atoms with Crippen molar-refractivity contribution in [1.82, 2.24) is 19.1 Å². The van der Waals surface area contributed by atoms with E-state index in [0.29, 0.717) is 24.4 Å². The summed E-state index contributed by atoms with van der Waals surface area (Å²) in [5.74, 6) is 0.806. The van der Waals surface area contributed by atoms with Gasteiger partial charge >= 0.3 is 0 Å². The molecular weight excluding hydrogens is 612 g/mol. The fourth-order valence-corrected chi connectivity index (χ4v) is 10.7. The molecule has 0 spiro atoms. The van der Waals surface area contributed by atoms with Crippen molar-refractivity contribution in [2.75, 3.05) is 33.0 Å². The Hall–Kier alpha value is -3.37. The van der Waals surface area contributed by atoms with Crippen molar-refractivity contribution in [3.63, 3.8) is 0 Å². The van der Waals surface area contributed by atoms with Gasteiger partial charge in [-0.25, -0.2) is 13.1 Å². The maximum absolute atomic E-state index is 15.0. The zero-order chi connectivity index (χ0) is 32.7. The molecule has 2 saturated heterocycles. The van der Waals surface area contributed by atoms with Crippen molar-refractivity contribution in [1.29, 1.82) is 0 Å². The van der Waals surface area contributed by atoms with Gasteiger partial charge in [0.15, 0.2) is 0 Å². The highest BCUT2D eigenvalue weighted by Gasteiger charge is 2.65. The monoisotopic (exact) mass is 658 g/mol. The molecule has 4 fully saturated rings. The van der Waals surface area contributed by atoms with Gasteiger partial charge in [0.05, 0.1) is 24.0 Å². The number of methoxy groups -OCH3 is 1. The molecule has 8 rings (SSSR count). The first-order valence-corrected chi connectivity index (χ1v) is 19.2. The second-order valence-corrected chi connectivity index (χ2v) is 16.7. The molecule has 4 unspecified atom stereocenters. The van der Waals surface area contributed by atoms with E-state index in [2.05, 4.69) is 38.3 Å². The summed E-state index contributed by atoms with van der Waals surface area (Å²) in [5.41, 5.74) is 5.43. The van der Waals surface area contributed by atoms with E-state index in [1.54, 1.807) is 20.1 Å². The van der Waals surface area contributed by atoms with Crippen LogP contribution in [0.4, 0.5) is 0 Å². The SMILES string of the molecule is CCCS(=O)(=O)NC(=O)c1ccc2c(C3CCCCC3)c3n(c2c1)CC1(C(=O)N2C4CCC2CN(C)C4)CC1c1cc(OC)ccc1-3. The fraction of sp³-hybridized carbons (Fsp3) is 0.568. The smallest absolute Gasteiger partial charge is 0.264 e. The predicted octanol–water partition coefficient (Wildman–Crippen LogP) is 5.63. The minimum Gasteiger partial charge on any atom is -0.497 e. The molecular formula is C37H46N4O5S. The number of nitrogens with one attached hydrogen (secondary N) is 1. The normalized spacial score (nSPS) is 27.1. The Morgan fingerprint density at radius 3 is 2.45 bits per heavy atom. The minimum absolute atomic E-state index is 0.0824. The number of nitrogens with zero attached hydrogens (tertiary/aromatic N) is 3. The van der Waals surface area contributed by atoms with E-state index in [-0.39, 0.29) is 29.7 Å². The summed E-state index contributed by atoms with van der Waals surface area (Å²) in [5, 5.41) is 1.10. The molecule has 2 saturated carbocycles. The third-order valence-electron chi connectivity index (χ3n) is 11.8. The lowest BCUT2D eigenvalue weighted by Crippen LogP contribution is -2.57. The molecule has 2 aliphatic carbocycles. The van der Waals surface area contributed by atoms with Crippen LogP contribution >= 0.6 is 0 Å². The molecule has 3 aromatic rings. The Bertz CT molecular complexity index is 1860. The highest BCUT2D eigenvalue weighted by Crippen LogP contribution is 2.66. The van der Waals surface area contributed by atoms with Gasteiger partial charge in [-0.3, -0.25) is 9.59 Å². The van der Waals surface area contributed by atoms with Crippen LogP contribution in [-0.2, 0) is 21.4 Å². The highest BCUT2D eigenvalue weighted by molar-refractivity contribution is 7.90. The molecule has 2 amide bonds. The van der Waals surface area contributed by atoms with Gasteiger partial charge in [0.25, 0.3) is 5.91 Å². The Kier molecular flexibility index (Phi) is 7.48. The van der Waals surface area contributed by atoms with Crippen molar-refractivity contribution in [3.05, 3.63) is 53.1 Å². The number of likely N-dealkylation sites (N-methyl/N-ethyl adjacent to an activating group) is 1. The lowest BCUT2D eigenvalue weighted by molar-refractivity contribution is -0.143. The second kappa shape index (κ2) is 11.4. The molecule has 9 nitrogen and oxygen atoms in total. The number of aromatic nitrogens is 1. The number of ether oxygens (including phenoxy) is 1. The summed E-state index contributed by atoms with van der Waals surface area (Å²) in [4.78, 5) is 33.0. The maximum Gasteiger partial charge on any atom is 0.264 e. The lowest BCUT2D eigenvalue weighted by Gasteiger charge is -2.41. The topological polar surface area (TPSA) is 101 Å². The molecule has 0 radical (unpaired) electrons. The second-order valence-electron chi connectivity index (χ2n) is 14.9. The first kappa shape index (κ1) is 30.9. The van der Waals surface area contributed by atoms with Crippen LogP contribution < -0.4 is 9.46 Å². The summed E-state index contributed by atoms with van der Waals surface area (Å²) < 4.78 is 35.5. The zero-order valence-electron chi connectivity index (χ0n) is 27.8. The summed E-state index contributed by atoms with van der Waals surface area (Å²) in [7, 11) is 0.126. The Morgan fingerprint density at radius 1 is 1.00 bits per heavy atom. The Labute approximate surface area is 277 Å². The van der Waals surface area contributed by atoms with Crippen LogP contribution in [0.25, 0.3) is 22.2 Å². The van der Waals surface area contributed by atoms with Gasteiger partial charge in [-0.2, -0.15) is 0 Å². The van der Waals surface area contributed by atoms with E-state index >= 15 is 0 Å². The van der Waals surface area contributed by atoms with Gasteiger partial charge in [-0.05, 0) is 92.9 Å². The van der Waals surface area contributed by atoms with Crippen LogP contribution in [0.2, 0.25) is 0 Å². The number of carbonyl (C=O) groups is 2. The van der Waals surface area contributed by atoms with E-state index in [0.717, 1.165) is 73.1 Å². The standard InChI is InChI=1S/C37H46N4O5S/c1-4-16-47(44,45)38-35(42)24-10-14-29-32(17-24)40-22-37(36(43)41-25-11-12-26(41)21-39(2)20-25)19-31(37)30-18-27(46-3)13-15-28(30)34(40)33(29)23-8-6-5-7-9-23/h10,13-15,17-18,23,25-26,31H,4-9,11-12,16,19-22H2,1-3H3,(H,38,42). The van der Waals surface area contributed by atoms with Gasteiger partial charge in [-0.15, -0.1) is 0 Å². The Balaban J connectivity index is 1.31. The van der Waals surface area contributed by atoms with Crippen LogP contribution in [0.3, 0.4) is 0 Å². The lowest BCUT2D eigenvalue weighted by atomic mass is 9.81. The molecule has 47 heavy (non-hydrogen) atoms. The van der Waals surface area contributed by atoms with Crippen LogP contribution in [0.15, 0.2) is 36.4 Å². The number of fused-ring (bicyclic) bond motifs is 9. The number of piperazine rings is 1. The third-order valence-corrected chi connectivity index (χ3v) is 13.3. The first-order chi connectivity index (χ1) is 22.6. The van der Waals surface area contributed by atoms with Crippen LogP contribution in [0, 0.1) is 5.41 Å². The third kappa shape index (κ3) is 5.00. The molecule has 4 heterocycles. The quantitative estimate of drug-likeness (QED) is 0.354. The number of amides is 2. The number of sulfonamides is 1. The van der Waals surface area contributed by atoms with E-state index in [1.165, 1.54) is 30.4 Å². The molecule has 4 atom stereocenters. The van der Waals surface area contributed by atoms with Crippen LogP contribution in [0.5, 0.6) is 5.75 Å². The number of hydrogen-bond acceptors (Lipinski definition) is 6. The summed E-state index contributed by atoms with van der Waals surface area (Å²) >= 11 is 0. The number of hydrogen-bond donors (Lipinski definition) is 1. The maximum atomic E-state index is 15.0. The Morgan fingerprint density at radius 2 is 1.74 bits per heavy atom. The highest BCUT2D eigenvalue weighted by atomic mass is 32.2. The van der Waals surface area contributed by atoms with E-state index < -0.39 is 21.3 Å². The molecule has 1 aromatic heterocycles. The summed E-state index contributed by atoms with van der Waals surface area (Å²) in [6.07, 6.45) is 9.12. The van der Waals surface area contributed by atoms with Crippen molar-refractivity contribution in [2.45, 2.75) is 95.2 Å². The van der Waals surface area contributed by atoms with Gasteiger partial charge in [0.1, 0.15) is 5.75 Å². The number of rotatable bonds is 7. The van der Waals surface area contributed by atoms with E-state index in [4.69, 9.17) is 4.74 Å². The molecule has 2 bridgehead atoms. The molecule has 3 aliphatic heterocycles. The number of benzene rings is 2. The first-order valence-electron chi connectivity index (χ1n) is 17.5. The molecule has 10 heteroatoms. The van der Waals surface area contributed by atoms with Gasteiger partial charge in [-0.1, -0.05) is 32.3 Å². The molecule has 250 valence electrons. The predicted molar refractivity (Wildman–Crippen MR) is 182 cm³/mol. The number of carbonyl (C=O) groups excluding carboxylic acids is 2. The van der Waals surface area contributed by atoms with Gasteiger partial charge in [0.2, 0.25) is 15.9 Å². The van der Waals surface area contributed by atoms with E-state index in [1.807, 2.05) is 18.2 Å². The fourth-order valence-electron chi connectivity index (χ4n) is 9.64. The van der Waals surface area contributed by atoms with Crippen LogP contribution in [0.1, 0.15) is 98.0 Å². The largest absolute Gasteiger partial charge is 0.497 e. The molecule has 5 aliphatic rings.